The van der Waals surface area contributed by atoms with E-state index in [0.29, 0.717) is 0 Å². The molecule has 0 fully saturated rings. The van der Waals surface area contributed by atoms with Gasteiger partial charge in [0.05, 0.1) is 0 Å². The first-order chi connectivity index (χ1) is 4.63. The molecule has 0 heterocycles. The van der Waals surface area contributed by atoms with E-state index in [4.69, 9.17) is 0 Å². The van der Waals surface area contributed by atoms with Crippen molar-refractivity contribution < 1.29 is 20.3 Å². The molecule has 0 spiro atoms. The summed E-state index contributed by atoms with van der Waals surface area (Å²) in [6.45, 7) is 12.6. The topological polar surface area (TPSA) is 0 Å². The van der Waals surface area contributed by atoms with Gasteiger partial charge in [0.1, 0.15) is 6.71 Å². The molecule has 0 aromatic heterocycles. The molecule has 2 unspecified atom stereocenters. The largest absolute Gasteiger partial charge is 1.00 e. The second-order valence-corrected chi connectivity index (χ2v) is 3.63. The monoisotopic (exact) mass is 148 g/mol. The minimum absolute atomic E-state index is 0. The standard InChI is InChI=1S/C9H21B.Li.H/c1-6-8(3)10(5)9(4)7-2;;/h8-9H,6-7H2,1-5H3;;/q;+1;-1. The van der Waals surface area contributed by atoms with Crippen LogP contribution in [0.3, 0.4) is 0 Å². The van der Waals surface area contributed by atoms with E-state index in [9.17, 15) is 0 Å². The van der Waals surface area contributed by atoms with Crippen LogP contribution in [0.4, 0.5) is 0 Å². The summed E-state index contributed by atoms with van der Waals surface area (Å²) in [5, 5.41) is 0. The Morgan fingerprint density at radius 3 is 1.55 bits per heavy atom. The van der Waals surface area contributed by atoms with E-state index in [-0.39, 0.29) is 20.3 Å². The van der Waals surface area contributed by atoms with Gasteiger partial charge in [0, 0.05) is 0 Å². The van der Waals surface area contributed by atoms with Gasteiger partial charge in [0.2, 0.25) is 0 Å². The molecular weight excluding hydrogens is 126 g/mol. The molecule has 0 saturated carbocycles. The zero-order valence-corrected chi connectivity index (χ0v) is 9.15. The Morgan fingerprint density at radius 2 is 1.36 bits per heavy atom. The zero-order valence-electron chi connectivity index (χ0n) is 10.1. The SMILES string of the molecule is CCC(C)B(C)C(C)CC.[H-].[Li+]. The molecule has 0 N–H and O–H groups in total. The van der Waals surface area contributed by atoms with Crippen molar-refractivity contribution in [2.24, 2.45) is 0 Å². The molecule has 0 saturated heterocycles. The fourth-order valence-corrected chi connectivity index (χ4v) is 1.30. The fraction of sp³-hybridized carbons (Fsp3) is 1.00. The van der Waals surface area contributed by atoms with Crippen molar-refractivity contribution in [1.29, 1.82) is 0 Å². The average Bonchev–Trinajstić information content (AvgIpc) is 2.00. The first-order valence-corrected chi connectivity index (χ1v) is 4.63. The van der Waals surface area contributed by atoms with Crippen molar-refractivity contribution in [3.63, 3.8) is 0 Å². The van der Waals surface area contributed by atoms with Gasteiger partial charge < -0.3 is 1.43 Å². The smallest absolute Gasteiger partial charge is 1.00 e. The Kier molecular flexibility index (Phi) is 9.45. The van der Waals surface area contributed by atoms with Crippen molar-refractivity contribution in [2.45, 2.75) is 59.0 Å². The molecule has 0 rings (SSSR count). The van der Waals surface area contributed by atoms with Crippen LogP contribution in [0.15, 0.2) is 0 Å². The molecular formula is C9H22BLi. The normalized spacial score (nSPS) is 15.0. The van der Waals surface area contributed by atoms with E-state index in [1.165, 1.54) is 12.8 Å². The van der Waals surface area contributed by atoms with E-state index in [2.05, 4.69) is 34.5 Å². The molecule has 0 bridgehead atoms. The van der Waals surface area contributed by atoms with Crippen LogP contribution in [-0.2, 0) is 0 Å². The van der Waals surface area contributed by atoms with E-state index in [1.54, 1.807) is 0 Å². The Morgan fingerprint density at radius 1 is 1.09 bits per heavy atom. The van der Waals surface area contributed by atoms with Crippen molar-refractivity contribution in [2.75, 3.05) is 0 Å². The van der Waals surface area contributed by atoms with E-state index < -0.39 is 0 Å². The summed E-state index contributed by atoms with van der Waals surface area (Å²) < 4.78 is 0. The van der Waals surface area contributed by atoms with Crippen molar-refractivity contribution >= 4 is 6.71 Å². The summed E-state index contributed by atoms with van der Waals surface area (Å²) in [5.74, 6) is 1.80. The third kappa shape index (κ3) is 4.99. The molecule has 11 heavy (non-hydrogen) atoms. The molecule has 2 heteroatoms. The fourth-order valence-electron chi connectivity index (χ4n) is 1.30. The van der Waals surface area contributed by atoms with E-state index in [0.717, 1.165) is 18.3 Å². The minimum Gasteiger partial charge on any atom is -1.00 e. The third-order valence-electron chi connectivity index (χ3n) is 3.08. The molecule has 0 aromatic carbocycles. The van der Waals surface area contributed by atoms with Gasteiger partial charge in [-0.15, -0.1) is 0 Å². The zero-order chi connectivity index (χ0) is 8.15. The number of hydrogen-bond acceptors (Lipinski definition) is 0. The van der Waals surface area contributed by atoms with Gasteiger partial charge >= 0.3 is 18.9 Å². The summed E-state index contributed by atoms with van der Waals surface area (Å²) in [4.78, 5) is 0. The van der Waals surface area contributed by atoms with Gasteiger partial charge in [-0.2, -0.15) is 0 Å². The second kappa shape index (κ2) is 7.32. The minimum atomic E-state index is 0. The van der Waals surface area contributed by atoms with Gasteiger partial charge in [-0.05, 0) is 0 Å². The summed E-state index contributed by atoms with van der Waals surface area (Å²) in [6.07, 6.45) is 2.65. The van der Waals surface area contributed by atoms with Crippen LogP contribution in [0.5, 0.6) is 0 Å². The quantitative estimate of drug-likeness (QED) is 0.518. The third-order valence-corrected chi connectivity index (χ3v) is 3.08. The van der Waals surface area contributed by atoms with E-state index in [1.807, 2.05) is 0 Å². The van der Waals surface area contributed by atoms with Crippen molar-refractivity contribution in [1.82, 2.24) is 0 Å². The van der Waals surface area contributed by atoms with Gasteiger partial charge in [-0.25, -0.2) is 0 Å². The average molecular weight is 148 g/mol. The first kappa shape index (κ1) is 14.2. The predicted molar refractivity (Wildman–Crippen MR) is 52.2 cm³/mol. The summed E-state index contributed by atoms with van der Waals surface area (Å²) in [6, 6.07) is 0. The van der Waals surface area contributed by atoms with Crippen LogP contribution in [0, 0.1) is 0 Å². The maximum Gasteiger partial charge on any atom is 1.00 e. The molecule has 2 atom stereocenters. The number of rotatable bonds is 4. The summed E-state index contributed by atoms with van der Waals surface area (Å²) in [5.41, 5.74) is 0. The Bertz CT molecular complexity index is 80.6. The van der Waals surface area contributed by atoms with Crippen LogP contribution >= 0.6 is 0 Å². The molecule has 0 aliphatic carbocycles. The van der Waals surface area contributed by atoms with Gasteiger partial charge in [-0.3, -0.25) is 0 Å². The van der Waals surface area contributed by atoms with Gasteiger partial charge in [0.25, 0.3) is 0 Å². The molecule has 0 aliphatic rings. The summed E-state index contributed by atoms with van der Waals surface area (Å²) >= 11 is 0. The van der Waals surface area contributed by atoms with Crippen molar-refractivity contribution in [3.05, 3.63) is 0 Å². The van der Waals surface area contributed by atoms with Crippen LogP contribution in [-0.4, -0.2) is 6.71 Å². The Balaban J connectivity index is -0.000000405. The van der Waals surface area contributed by atoms with Gasteiger partial charge in [0.15, 0.2) is 0 Å². The number of hydrogen-bond donors (Lipinski definition) is 0. The van der Waals surface area contributed by atoms with Crippen molar-refractivity contribution in [3.8, 4) is 0 Å². The van der Waals surface area contributed by atoms with Gasteiger partial charge in [-0.1, -0.05) is 59.0 Å². The van der Waals surface area contributed by atoms with E-state index >= 15 is 0 Å². The molecule has 0 amide bonds. The Labute approximate surface area is 86.3 Å². The molecule has 0 nitrogen and oxygen atoms in total. The summed E-state index contributed by atoms with van der Waals surface area (Å²) in [7, 11) is 0. The van der Waals surface area contributed by atoms with Crippen LogP contribution < -0.4 is 18.9 Å². The van der Waals surface area contributed by atoms with Crippen LogP contribution in [0.25, 0.3) is 0 Å². The maximum atomic E-state index is 2.38. The molecule has 0 radical (unpaired) electrons. The molecule has 0 aliphatic heterocycles. The second-order valence-electron chi connectivity index (χ2n) is 3.63. The maximum absolute atomic E-state index is 2.38. The van der Waals surface area contributed by atoms with Crippen LogP contribution in [0.2, 0.25) is 18.5 Å². The predicted octanol–water partition coefficient (Wildman–Crippen LogP) is 0.828. The van der Waals surface area contributed by atoms with Crippen LogP contribution in [0.1, 0.15) is 42.0 Å². The molecule has 0 aromatic rings. The first-order valence-electron chi connectivity index (χ1n) is 4.63. The Hall–Kier alpha value is 0.662. The molecule has 62 valence electrons.